The molecule has 1 heterocycles. The molecular weight excluding hydrogens is 68.8 g/mol. The summed E-state index contributed by atoms with van der Waals surface area (Å²) >= 11 is 0. The van der Waals surface area contributed by atoms with E-state index in [0.717, 1.165) is 0 Å². The third kappa shape index (κ3) is 0.447. The molecule has 1 aliphatic heterocycles. The molecule has 0 fully saturated rings. The molecule has 0 aromatic carbocycles. The van der Waals surface area contributed by atoms with Crippen molar-refractivity contribution >= 4 is 7.07 Å². The quantitative estimate of drug-likeness (QED) is 0.290. The molecule has 0 atom stereocenters. The molecule has 26 valence electrons. The van der Waals surface area contributed by atoms with Crippen molar-refractivity contribution in [3.63, 3.8) is 0 Å². The van der Waals surface area contributed by atoms with E-state index in [0.29, 0.717) is 6.51 Å². The third-order valence-electron chi connectivity index (χ3n) is 0.313. The molecule has 3 nitrogen and oxygen atoms in total. The van der Waals surface area contributed by atoms with Gasteiger partial charge in [0, 0.05) is 0 Å². The molecule has 0 radical (unpaired) electrons. The van der Waals surface area contributed by atoms with Crippen molar-refractivity contribution < 1.29 is 9.88 Å². The van der Waals surface area contributed by atoms with Crippen LogP contribution in [0, 0.1) is 0 Å². The molecule has 0 saturated carbocycles. The Labute approximate surface area is 29.7 Å². The molecule has 5 heavy (non-hydrogen) atoms. The van der Waals surface area contributed by atoms with E-state index in [1.165, 1.54) is 0 Å². The van der Waals surface area contributed by atoms with Gasteiger partial charge in [-0.3, -0.25) is 0 Å². The summed E-state index contributed by atoms with van der Waals surface area (Å²) in [6.45, 7) is 0.486. The summed E-state index contributed by atoms with van der Waals surface area (Å²) in [5.74, 6) is 0. The number of hydrogen-bond donors (Lipinski definition) is 0. The van der Waals surface area contributed by atoms with Crippen LogP contribution in [0.3, 0.4) is 0 Å². The van der Waals surface area contributed by atoms with Crippen LogP contribution in [-0.2, 0) is 9.88 Å². The first-order valence-electron chi connectivity index (χ1n) is 1.30. The monoisotopic (exact) mass is 71.0 g/mol. The van der Waals surface area contributed by atoms with E-state index < -0.39 is 0 Å². The molecule has 0 amide bonds. The van der Waals surface area contributed by atoms with E-state index in [2.05, 4.69) is 14.9 Å². The second kappa shape index (κ2) is 1.17. The average Bonchev–Trinajstić information content (AvgIpc) is 1.76. The van der Waals surface area contributed by atoms with Gasteiger partial charge in [0.25, 0.3) is 0 Å². The Morgan fingerprint density at radius 3 is 3.00 bits per heavy atom. The zero-order valence-corrected chi connectivity index (χ0v) is 2.55. The van der Waals surface area contributed by atoms with E-state index in [4.69, 9.17) is 0 Å². The minimum absolute atomic E-state index is 0.486. The van der Waals surface area contributed by atoms with Crippen LogP contribution in [0.1, 0.15) is 0 Å². The van der Waals surface area contributed by atoms with Gasteiger partial charge in [0.15, 0.2) is 0 Å². The summed E-state index contributed by atoms with van der Waals surface area (Å²) in [5.41, 5.74) is 0. The molecule has 0 spiro atoms. The summed E-state index contributed by atoms with van der Waals surface area (Å²) in [6.07, 6.45) is 0. The van der Waals surface area contributed by atoms with Crippen LogP contribution in [0.15, 0.2) is 5.06 Å². The van der Waals surface area contributed by atoms with E-state index in [1.54, 1.807) is 7.07 Å². The molecule has 0 aromatic heterocycles. The van der Waals surface area contributed by atoms with Crippen LogP contribution in [0.5, 0.6) is 0 Å². The predicted octanol–water partition coefficient (Wildman–Crippen LogP) is -0.291. The SMILES string of the molecule is B1=NOOC1. The number of hydrogen-bond acceptors (Lipinski definition) is 3. The van der Waals surface area contributed by atoms with Gasteiger partial charge in [-0.2, -0.15) is 0 Å². The standard InChI is InChI=1S/CH2BNO2/c1-2-3-5-4-1/h1H2. The van der Waals surface area contributed by atoms with Crippen molar-refractivity contribution in [2.75, 3.05) is 6.51 Å². The van der Waals surface area contributed by atoms with E-state index >= 15 is 0 Å². The van der Waals surface area contributed by atoms with Crippen molar-refractivity contribution in [1.82, 2.24) is 0 Å². The van der Waals surface area contributed by atoms with Gasteiger partial charge in [-0.15, -0.1) is 0 Å². The second-order valence-corrected chi connectivity index (χ2v) is 0.647. The summed E-state index contributed by atoms with van der Waals surface area (Å²) in [7, 11) is 1.54. The first-order valence-corrected chi connectivity index (χ1v) is 1.30. The molecule has 0 N–H and O–H groups in total. The third-order valence-corrected chi connectivity index (χ3v) is 0.313. The maximum atomic E-state index is 4.22. The Bertz CT molecular complexity index is 47.6. The minimum atomic E-state index is 0.486. The van der Waals surface area contributed by atoms with Crippen LogP contribution in [0.4, 0.5) is 0 Å². The van der Waals surface area contributed by atoms with Crippen LogP contribution < -0.4 is 0 Å². The Hall–Kier alpha value is -0.375. The van der Waals surface area contributed by atoms with Gasteiger partial charge in [-0.05, 0) is 0 Å². The summed E-state index contributed by atoms with van der Waals surface area (Å²) in [5, 5.41) is 3.24. The predicted molar refractivity (Wildman–Crippen MR) is 15.2 cm³/mol. The molecule has 0 bridgehead atoms. The molecule has 0 aromatic rings. The van der Waals surface area contributed by atoms with Gasteiger partial charge in [0.2, 0.25) is 0 Å². The first kappa shape index (κ1) is 2.84. The molecule has 0 aliphatic carbocycles. The van der Waals surface area contributed by atoms with E-state index in [9.17, 15) is 0 Å². The number of nitrogens with zero attached hydrogens (tertiary/aromatic N) is 1. The van der Waals surface area contributed by atoms with Crippen LogP contribution >= 0.6 is 0 Å². The zero-order valence-electron chi connectivity index (χ0n) is 2.55. The molecule has 4 heteroatoms. The fourth-order valence-corrected chi connectivity index (χ4v) is 0.152. The van der Waals surface area contributed by atoms with Crippen LogP contribution in [0.25, 0.3) is 0 Å². The number of rotatable bonds is 0. The van der Waals surface area contributed by atoms with Crippen molar-refractivity contribution in [2.45, 2.75) is 0 Å². The van der Waals surface area contributed by atoms with Crippen molar-refractivity contribution in [3.05, 3.63) is 0 Å². The second-order valence-electron chi connectivity index (χ2n) is 0.647. The summed E-state index contributed by atoms with van der Waals surface area (Å²) in [6, 6.07) is 0. The summed E-state index contributed by atoms with van der Waals surface area (Å²) in [4.78, 5) is 8.24. The normalized spacial score (nSPS) is 17.6. The Kier molecular flexibility index (Phi) is 0.664. The van der Waals surface area contributed by atoms with Crippen LogP contribution in [0.2, 0.25) is 0 Å². The molecule has 0 unspecified atom stereocenters. The van der Waals surface area contributed by atoms with Crippen molar-refractivity contribution in [1.29, 1.82) is 0 Å². The van der Waals surface area contributed by atoms with E-state index in [-0.39, 0.29) is 0 Å². The maximum absolute atomic E-state index is 4.22. The van der Waals surface area contributed by atoms with Gasteiger partial charge in [-0.1, -0.05) is 0 Å². The zero-order chi connectivity index (χ0) is 3.54. The summed E-state index contributed by atoms with van der Waals surface area (Å²) < 4.78 is 0. The Morgan fingerprint density at radius 2 is 2.80 bits per heavy atom. The topological polar surface area (TPSA) is 30.8 Å². The molecular formula is CH2BNO2. The molecule has 1 aliphatic rings. The van der Waals surface area contributed by atoms with Crippen molar-refractivity contribution in [3.8, 4) is 0 Å². The molecule has 0 saturated heterocycles. The Morgan fingerprint density at radius 1 is 1.80 bits per heavy atom. The fraction of sp³-hybridized carbons (Fsp3) is 1.00. The van der Waals surface area contributed by atoms with Gasteiger partial charge >= 0.3 is 28.5 Å². The fourth-order valence-electron chi connectivity index (χ4n) is 0.152. The first-order chi connectivity index (χ1) is 2.50. The van der Waals surface area contributed by atoms with Gasteiger partial charge in [-0.25, -0.2) is 0 Å². The van der Waals surface area contributed by atoms with Crippen molar-refractivity contribution in [2.24, 2.45) is 5.06 Å². The average molecular weight is 70.8 g/mol. The van der Waals surface area contributed by atoms with Gasteiger partial charge in [0.05, 0.1) is 0 Å². The van der Waals surface area contributed by atoms with Gasteiger partial charge in [0.1, 0.15) is 0 Å². The van der Waals surface area contributed by atoms with E-state index in [1.807, 2.05) is 0 Å². The molecule has 1 rings (SSSR count). The Balaban J connectivity index is 2.32. The van der Waals surface area contributed by atoms with Gasteiger partial charge < -0.3 is 0 Å². The van der Waals surface area contributed by atoms with Crippen LogP contribution in [-0.4, -0.2) is 13.6 Å².